The summed E-state index contributed by atoms with van der Waals surface area (Å²) in [4.78, 5) is 25.2. The first-order valence-corrected chi connectivity index (χ1v) is 9.65. The fourth-order valence-electron chi connectivity index (χ4n) is 2.68. The lowest BCUT2D eigenvalue weighted by Crippen LogP contribution is -2.27. The highest BCUT2D eigenvalue weighted by Crippen LogP contribution is 2.33. The van der Waals surface area contributed by atoms with Crippen LogP contribution in [0.3, 0.4) is 0 Å². The molecule has 0 radical (unpaired) electrons. The van der Waals surface area contributed by atoms with Gasteiger partial charge in [0.15, 0.2) is 0 Å². The molecule has 2 amide bonds. The number of thiophene rings is 1. The summed E-state index contributed by atoms with van der Waals surface area (Å²) >= 11 is 7.26. The number of aryl methyl sites for hydroxylation is 1. The van der Waals surface area contributed by atoms with Crippen LogP contribution >= 0.6 is 22.9 Å². The number of rotatable bonds is 6. The van der Waals surface area contributed by atoms with Crippen LogP contribution in [0.1, 0.15) is 53.0 Å². The van der Waals surface area contributed by atoms with E-state index < -0.39 is 0 Å². The van der Waals surface area contributed by atoms with Crippen molar-refractivity contribution in [3.63, 3.8) is 0 Å². The lowest BCUT2D eigenvalue weighted by atomic mass is 10.0. The quantitative estimate of drug-likeness (QED) is 0.750. The zero-order valence-electron chi connectivity index (χ0n) is 14.3. The molecule has 2 aromatic rings. The van der Waals surface area contributed by atoms with E-state index in [1.54, 1.807) is 0 Å². The van der Waals surface area contributed by atoms with E-state index in [0.717, 1.165) is 35.4 Å². The number of carbonyl (C=O) groups excluding carboxylic acids is 2. The summed E-state index contributed by atoms with van der Waals surface area (Å²) < 4.78 is 0. The van der Waals surface area contributed by atoms with Gasteiger partial charge in [0.2, 0.25) is 5.91 Å². The molecule has 0 saturated heterocycles. The van der Waals surface area contributed by atoms with Gasteiger partial charge in [-0.1, -0.05) is 30.7 Å². The van der Waals surface area contributed by atoms with Crippen molar-refractivity contribution in [1.82, 2.24) is 5.32 Å². The predicted molar refractivity (Wildman–Crippen MR) is 102 cm³/mol. The van der Waals surface area contributed by atoms with Crippen molar-refractivity contribution in [3.05, 3.63) is 51.4 Å². The SMILES string of the molecule is CCC(NC(=O)c1sc(NC(=O)C2CC2)cc1C)c1ccc(Cl)cc1. The summed E-state index contributed by atoms with van der Waals surface area (Å²) in [6, 6.07) is 9.30. The van der Waals surface area contributed by atoms with Crippen molar-refractivity contribution < 1.29 is 9.59 Å². The van der Waals surface area contributed by atoms with E-state index >= 15 is 0 Å². The van der Waals surface area contributed by atoms with Crippen LogP contribution in [-0.2, 0) is 4.79 Å². The van der Waals surface area contributed by atoms with Crippen molar-refractivity contribution in [2.24, 2.45) is 5.92 Å². The summed E-state index contributed by atoms with van der Waals surface area (Å²) in [6.45, 7) is 3.92. The monoisotopic (exact) mass is 376 g/mol. The average molecular weight is 377 g/mol. The summed E-state index contributed by atoms with van der Waals surface area (Å²) in [7, 11) is 0. The van der Waals surface area contributed by atoms with E-state index in [1.165, 1.54) is 11.3 Å². The highest BCUT2D eigenvalue weighted by Gasteiger charge is 2.30. The maximum atomic E-state index is 12.7. The Morgan fingerprint density at radius 3 is 2.56 bits per heavy atom. The molecule has 1 fully saturated rings. The van der Waals surface area contributed by atoms with E-state index in [9.17, 15) is 9.59 Å². The van der Waals surface area contributed by atoms with E-state index in [1.807, 2.05) is 44.2 Å². The van der Waals surface area contributed by atoms with Gasteiger partial charge in [0.05, 0.1) is 15.9 Å². The van der Waals surface area contributed by atoms with Gasteiger partial charge < -0.3 is 10.6 Å². The Hall–Kier alpha value is -1.85. The topological polar surface area (TPSA) is 58.2 Å². The third-order valence-electron chi connectivity index (χ3n) is 4.30. The van der Waals surface area contributed by atoms with Gasteiger partial charge in [-0.25, -0.2) is 0 Å². The first-order valence-electron chi connectivity index (χ1n) is 8.45. The largest absolute Gasteiger partial charge is 0.345 e. The first-order chi connectivity index (χ1) is 12.0. The Labute approximate surface area is 156 Å². The molecule has 4 nitrogen and oxygen atoms in total. The highest BCUT2D eigenvalue weighted by molar-refractivity contribution is 7.18. The maximum absolute atomic E-state index is 12.7. The summed E-state index contributed by atoms with van der Waals surface area (Å²) in [5.41, 5.74) is 1.90. The molecular formula is C19H21ClN2O2S. The Kier molecular flexibility index (Phi) is 5.45. The standard InChI is InChI=1S/C19H21ClN2O2S/c1-3-15(12-6-8-14(20)9-7-12)21-19(24)17-11(2)10-16(25-17)22-18(23)13-4-5-13/h6-10,13,15H,3-5H2,1-2H3,(H,21,24)(H,22,23). The van der Waals surface area contributed by atoms with Crippen LogP contribution in [0.2, 0.25) is 5.02 Å². The Morgan fingerprint density at radius 2 is 1.96 bits per heavy atom. The Bertz CT molecular complexity index is 781. The molecule has 0 aliphatic heterocycles. The van der Waals surface area contributed by atoms with Crippen LogP contribution in [0.15, 0.2) is 30.3 Å². The Morgan fingerprint density at radius 1 is 1.28 bits per heavy atom. The molecule has 1 aromatic heterocycles. The number of amides is 2. The van der Waals surface area contributed by atoms with E-state index in [-0.39, 0.29) is 23.8 Å². The lowest BCUT2D eigenvalue weighted by molar-refractivity contribution is -0.117. The lowest BCUT2D eigenvalue weighted by Gasteiger charge is -2.17. The summed E-state index contributed by atoms with van der Waals surface area (Å²) in [6.07, 6.45) is 2.70. The van der Waals surface area contributed by atoms with E-state index in [0.29, 0.717) is 9.90 Å². The molecule has 1 aliphatic carbocycles. The predicted octanol–water partition coefficient (Wildman–Crippen LogP) is 4.94. The van der Waals surface area contributed by atoms with Gasteiger partial charge in [0.25, 0.3) is 5.91 Å². The second-order valence-corrected chi connectivity index (χ2v) is 7.86. The third-order valence-corrected chi connectivity index (χ3v) is 5.71. The van der Waals surface area contributed by atoms with Crippen LogP contribution in [0.25, 0.3) is 0 Å². The number of hydrogen-bond donors (Lipinski definition) is 2. The minimum Gasteiger partial charge on any atom is -0.345 e. The second kappa shape index (κ2) is 7.58. The number of hydrogen-bond acceptors (Lipinski definition) is 3. The van der Waals surface area contributed by atoms with Crippen LogP contribution in [0, 0.1) is 12.8 Å². The third kappa shape index (κ3) is 4.41. The van der Waals surface area contributed by atoms with Gasteiger partial charge in [-0.3, -0.25) is 9.59 Å². The van der Waals surface area contributed by atoms with Gasteiger partial charge in [-0.2, -0.15) is 0 Å². The number of nitrogens with one attached hydrogen (secondary N) is 2. The molecular weight excluding hydrogens is 356 g/mol. The number of anilines is 1. The maximum Gasteiger partial charge on any atom is 0.262 e. The van der Waals surface area contributed by atoms with Gasteiger partial charge in [-0.15, -0.1) is 11.3 Å². The minimum atomic E-state index is -0.115. The molecule has 2 N–H and O–H groups in total. The normalized spacial score (nSPS) is 14.8. The Balaban J connectivity index is 1.70. The van der Waals surface area contributed by atoms with Gasteiger partial charge in [0.1, 0.15) is 0 Å². The molecule has 1 aliphatic rings. The first kappa shape index (κ1) is 18.0. The molecule has 3 rings (SSSR count). The fourth-order valence-corrected chi connectivity index (χ4v) is 3.78. The van der Waals surface area contributed by atoms with Crippen molar-refractivity contribution in [2.45, 2.75) is 39.2 Å². The molecule has 1 saturated carbocycles. The van der Waals surface area contributed by atoms with E-state index in [4.69, 9.17) is 11.6 Å². The van der Waals surface area contributed by atoms with Gasteiger partial charge >= 0.3 is 0 Å². The number of benzene rings is 1. The van der Waals surface area contributed by atoms with E-state index in [2.05, 4.69) is 10.6 Å². The van der Waals surface area contributed by atoms with Crippen molar-refractivity contribution in [3.8, 4) is 0 Å². The molecule has 1 heterocycles. The molecule has 25 heavy (non-hydrogen) atoms. The van der Waals surface area contributed by atoms with Crippen LogP contribution < -0.4 is 10.6 Å². The molecule has 1 atom stereocenters. The summed E-state index contributed by atoms with van der Waals surface area (Å²) in [5.74, 6) is 0.0890. The molecule has 1 aromatic carbocycles. The summed E-state index contributed by atoms with van der Waals surface area (Å²) in [5, 5.41) is 7.40. The number of carbonyl (C=O) groups is 2. The zero-order valence-corrected chi connectivity index (χ0v) is 15.8. The van der Waals surface area contributed by atoms with Crippen LogP contribution in [0.5, 0.6) is 0 Å². The number of halogens is 1. The van der Waals surface area contributed by atoms with Crippen LogP contribution in [-0.4, -0.2) is 11.8 Å². The molecule has 0 bridgehead atoms. The van der Waals surface area contributed by atoms with Gasteiger partial charge in [0, 0.05) is 10.9 Å². The fraction of sp³-hybridized carbons (Fsp3) is 0.368. The zero-order chi connectivity index (χ0) is 18.0. The molecule has 0 spiro atoms. The van der Waals surface area contributed by atoms with Crippen molar-refractivity contribution in [2.75, 3.05) is 5.32 Å². The minimum absolute atomic E-state index is 0.0563. The van der Waals surface area contributed by atoms with Crippen molar-refractivity contribution >= 4 is 39.8 Å². The molecule has 1 unspecified atom stereocenters. The van der Waals surface area contributed by atoms with Gasteiger partial charge in [-0.05, 0) is 55.5 Å². The average Bonchev–Trinajstić information content (AvgIpc) is 3.37. The smallest absolute Gasteiger partial charge is 0.262 e. The highest BCUT2D eigenvalue weighted by atomic mass is 35.5. The second-order valence-electron chi connectivity index (χ2n) is 6.37. The van der Waals surface area contributed by atoms with Crippen molar-refractivity contribution in [1.29, 1.82) is 0 Å². The van der Waals surface area contributed by atoms with Crippen LogP contribution in [0.4, 0.5) is 5.00 Å². The molecule has 132 valence electrons. The molecule has 6 heteroatoms.